The average Bonchev–Trinajstić information content (AvgIpc) is 3.30. The van der Waals surface area contributed by atoms with Gasteiger partial charge in [0, 0.05) is 42.1 Å². The molecule has 1 aliphatic heterocycles. The zero-order valence-corrected chi connectivity index (χ0v) is 21.9. The lowest BCUT2D eigenvalue weighted by molar-refractivity contribution is -0.265. The van der Waals surface area contributed by atoms with Gasteiger partial charge in [-0.1, -0.05) is 25.4 Å². The average molecular weight is 579 g/mol. The summed E-state index contributed by atoms with van der Waals surface area (Å²) in [6, 6.07) is 5.05. The van der Waals surface area contributed by atoms with Gasteiger partial charge in [-0.3, -0.25) is 14.3 Å². The van der Waals surface area contributed by atoms with Crippen LogP contribution in [0.3, 0.4) is 0 Å². The first-order valence-corrected chi connectivity index (χ1v) is 12.7. The third-order valence-corrected chi connectivity index (χ3v) is 8.00. The molecule has 14 heteroatoms. The fourth-order valence-corrected chi connectivity index (χ4v) is 5.63. The number of anilines is 1. The third-order valence-electron chi connectivity index (χ3n) is 7.76. The molecule has 0 atom stereocenters. The molecule has 1 aromatic carbocycles. The number of aliphatic carboxylic acids is 1. The van der Waals surface area contributed by atoms with E-state index in [0.717, 1.165) is 11.8 Å². The number of carbonyl (C=O) groups excluding carboxylic acids is 1. The van der Waals surface area contributed by atoms with Crippen LogP contribution in [0.2, 0.25) is 5.02 Å². The van der Waals surface area contributed by atoms with Gasteiger partial charge < -0.3 is 20.1 Å². The predicted molar refractivity (Wildman–Crippen MR) is 131 cm³/mol. The number of nitrogens with one attached hydrogen (secondary N) is 1. The van der Waals surface area contributed by atoms with Crippen molar-refractivity contribution in [2.75, 3.05) is 18.4 Å². The number of carboxylic acid groups (broad SMARTS) is 1. The zero-order chi connectivity index (χ0) is 28.8. The van der Waals surface area contributed by atoms with E-state index in [1.165, 1.54) is 12.1 Å². The number of carbonyl (C=O) groups is 2. The van der Waals surface area contributed by atoms with Crippen molar-refractivity contribution in [3.8, 4) is 5.75 Å². The first-order valence-electron chi connectivity index (χ1n) is 12.3. The van der Waals surface area contributed by atoms with E-state index in [4.69, 9.17) is 11.6 Å². The van der Waals surface area contributed by atoms with Crippen molar-refractivity contribution < 1.29 is 41.4 Å². The number of nitrogens with zero attached hydrogens (tertiary/aromatic N) is 3. The molecule has 0 unspecified atom stereocenters. The molecule has 2 aliphatic rings. The number of benzene rings is 1. The van der Waals surface area contributed by atoms with E-state index in [9.17, 15) is 36.6 Å². The van der Waals surface area contributed by atoms with Gasteiger partial charge in [-0.15, -0.1) is 0 Å². The number of ether oxygens (including phenoxy) is 1. The van der Waals surface area contributed by atoms with Gasteiger partial charge in [0.2, 0.25) is 0 Å². The van der Waals surface area contributed by atoms with Crippen molar-refractivity contribution in [2.24, 2.45) is 5.41 Å². The van der Waals surface area contributed by atoms with Crippen molar-refractivity contribution in [1.82, 2.24) is 14.7 Å². The minimum Gasteiger partial charge on any atom is -0.481 e. The molecule has 1 aliphatic carbocycles. The number of likely N-dealkylation sites (tertiary alicyclic amines) is 1. The monoisotopic (exact) mass is 578 g/mol. The van der Waals surface area contributed by atoms with Gasteiger partial charge in [0.05, 0.1) is 5.69 Å². The standard InChI is InChI=1S/C25H28ClF5N4O4/c1-14(2)18-5-8-32-35(18)24(20(36)33-17-4-3-15(26)11-19(17)39-22(27)28)6-9-34(10-7-24)16-12-23(13-16,21(37)38)25(29,30)31/h3-5,8,11,14,16,22H,6-7,9-10,12-13H2,1-2H3,(H,33,36)(H,37,38). The van der Waals surface area contributed by atoms with Crippen molar-refractivity contribution in [3.05, 3.63) is 41.2 Å². The van der Waals surface area contributed by atoms with Crippen LogP contribution >= 0.6 is 11.6 Å². The summed E-state index contributed by atoms with van der Waals surface area (Å²) in [5, 5.41) is 16.5. The number of piperidine rings is 1. The molecule has 2 heterocycles. The Kier molecular flexibility index (Phi) is 7.87. The van der Waals surface area contributed by atoms with Crippen molar-refractivity contribution in [1.29, 1.82) is 0 Å². The van der Waals surface area contributed by atoms with Crippen LogP contribution in [0.15, 0.2) is 30.5 Å². The second-order valence-electron chi connectivity index (χ2n) is 10.3. The van der Waals surface area contributed by atoms with Crippen LogP contribution in [-0.4, -0.2) is 63.6 Å². The number of hydrogen-bond acceptors (Lipinski definition) is 5. The highest BCUT2D eigenvalue weighted by Gasteiger charge is 2.68. The Morgan fingerprint density at radius 3 is 2.36 bits per heavy atom. The number of alkyl halides is 5. The number of carboxylic acids is 1. The SMILES string of the molecule is CC(C)c1ccnn1C1(C(=O)Nc2ccc(Cl)cc2OC(F)F)CCN(C2CC(C(=O)O)(C(F)(F)F)C2)CC1. The zero-order valence-electron chi connectivity index (χ0n) is 21.1. The number of rotatable bonds is 8. The van der Waals surface area contributed by atoms with Crippen molar-refractivity contribution in [3.63, 3.8) is 0 Å². The number of amides is 1. The van der Waals surface area contributed by atoms with Crippen LogP contribution in [0.4, 0.5) is 27.6 Å². The van der Waals surface area contributed by atoms with Gasteiger partial charge in [-0.05, 0) is 49.8 Å². The normalized spacial score (nSPS) is 23.5. The van der Waals surface area contributed by atoms with E-state index >= 15 is 0 Å². The van der Waals surface area contributed by atoms with E-state index in [2.05, 4.69) is 15.2 Å². The highest BCUT2D eigenvalue weighted by molar-refractivity contribution is 6.30. The largest absolute Gasteiger partial charge is 0.481 e. The number of hydrogen-bond donors (Lipinski definition) is 2. The van der Waals surface area contributed by atoms with E-state index in [1.807, 2.05) is 13.8 Å². The van der Waals surface area contributed by atoms with Gasteiger partial charge >= 0.3 is 18.8 Å². The Hall–Kier alpha value is -2.93. The minimum absolute atomic E-state index is 0.0276. The number of aromatic nitrogens is 2. The maximum Gasteiger partial charge on any atom is 0.405 e. The summed E-state index contributed by atoms with van der Waals surface area (Å²) in [6.45, 7) is 1.07. The van der Waals surface area contributed by atoms with Crippen LogP contribution in [0.5, 0.6) is 5.75 Å². The molecule has 4 rings (SSSR count). The molecule has 0 spiro atoms. The van der Waals surface area contributed by atoms with Gasteiger partial charge in [-0.2, -0.15) is 27.1 Å². The molecule has 8 nitrogen and oxygen atoms in total. The Balaban J connectivity index is 1.60. The van der Waals surface area contributed by atoms with E-state index in [-0.39, 0.29) is 48.3 Å². The summed E-state index contributed by atoms with van der Waals surface area (Å²) in [6.07, 6.45) is -4.18. The molecule has 1 saturated heterocycles. The Morgan fingerprint density at radius 2 is 1.82 bits per heavy atom. The lowest BCUT2D eigenvalue weighted by Crippen LogP contribution is -2.63. The van der Waals surface area contributed by atoms with E-state index in [1.54, 1.807) is 21.8 Å². The summed E-state index contributed by atoms with van der Waals surface area (Å²) in [7, 11) is 0. The topological polar surface area (TPSA) is 96.7 Å². The molecule has 2 aromatic rings. The van der Waals surface area contributed by atoms with E-state index < -0.39 is 54.5 Å². The predicted octanol–water partition coefficient (Wildman–Crippen LogP) is 5.49. The van der Waals surface area contributed by atoms with Gasteiger partial charge in [0.15, 0.2) is 11.2 Å². The maximum atomic E-state index is 13.9. The fourth-order valence-electron chi connectivity index (χ4n) is 5.46. The van der Waals surface area contributed by atoms with Gasteiger partial charge in [0.1, 0.15) is 5.54 Å². The first kappa shape index (κ1) is 29.1. The molecule has 1 saturated carbocycles. The molecule has 2 N–H and O–H groups in total. The summed E-state index contributed by atoms with van der Waals surface area (Å²) in [5.74, 6) is -2.80. The lowest BCUT2D eigenvalue weighted by atomic mass is 9.63. The molecular weight excluding hydrogens is 551 g/mol. The summed E-state index contributed by atoms with van der Waals surface area (Å²) >= 11 is 5.92. The summed E-state index contributed by atoms with van der Waals surface area (Å²) < 4.78 is 72.6. The van der Waals surface area contributed by atoms with Crippen LogP contribution in [0.1, 0.15) is 51.1 Å². The van der Waals surface area contributed by atoms with Crippen LogP contribution in [-0.2, 0) is 15.1 Å². The maximum absolute atomic E-state index is 13.9. The molecule has 214 valence electrons. The fraction of sp³-hybridized carbons (Fsp3) is 0.560. The molecule has 1 amide bonds. The Morgan fingerprint density at radius 1 is 1.18 bits per heavy atom. The molecular formula is C25H28ClF5N4O4. The molecule has 2 fully saturated rings. The highest BCUT2D eigenvalue weighted by atomic mass is 35.5. The molecule has 0 bridgehead atoms. The third kappa shape index (κ3) is 5.30. The summed E-state index contributed by atoms with van der Waals surface area (Å²) in [5.41, 5.74) is -3.35. The van der Waals surface area contributed by atoms with Crippen LogP contribution in [0, 0.1) is 5.41 Å². The molecule has 1 aromatic heterocycles. The Labute approximate surface area is 226 Å². The van der Waals surface area contributed by atoms with Gasteiger partial charge in [-0.25, -0.2) is 0 Å². The second-order valence-corrected chi connectivity index (χ2v) is 10.7. The van der Waals surface area contributed by atoms with Gasteiger partial charge in [0.25, 0.3) is 5.91 Å². The van der Waals surface area contributed by atoms with Crippen molar-refractivity contribution in [2.45, 2.75) is 69.8 Å². The van der Waals surface area contributed by atoms with E-state index in [0.29, 0.717) is 0 Å². The molecule has 39 heavy (non-hydrogen) atoms. The smallest absolute Gasteiger partial charge is 0.405 e. The minimum atomic E-state index is -4.87. The number of halogens is 6. The highest BCUT2D eigenvalue weighted by Crippen LogP contribution is 2.55. The van der Waals surface area contributed by atoms with Crippen molar-refractivity contribution >= 4 is 29.2 Å². The summed E-state index contributed by atoms with van der Waals surface area (Å²) in [4.78, 5) is 27.1. The quantitative estimate of drug-likeness (QED) is 0.402. The second kappa shape index (κ2) is 10.6. The Bertz CT molecular complexity index is 1220. The molecule has 0 radical (unpaired) electrons. The first-order chi connectivity index (χ1) is 18.2. The van der Waals surface area contributed by atoms with Crippen LogP contribution in [0.25, 0.3) is 0 Å². The lowest BCUT2D eigenvalue weighted by Gasteiger charge is -2.52. The van der Waals surface area contributed by atoms with Crippen LogP contribution < -0.4 is 10.1 Å².